The SMILES string of the molecule is [2H]c1c([2H])c(-n2c3cccc4c3c3c5c(cccc5ccc32)C42c3ccccc3-c3ccccc32)c([2H])c([2H])c1-c1nc(-c2ccccc2)nc(-c2ccccc2)n1. The summed E-state index contributed by atoms with van der Waals surface area (Å²) in [5.74, 6) is 0.839. The van der Waals surface area contributed by atoms with E-state index in [1.54, 1.807) is 0 Å². The average molecular weight is 691 g/mol. The van der Waals surface area contributed by atoms with Gasteiger partial charge in [0, 0.05) is 33.2 Å². The molecule has 0 amide bonds. The van der Waals surface area contributed by atoms with Gasteiger partial charge in [-0.2, -0.15) is 0 Å². The summed E-state index contributed by atoms with van der Waals surface area (Å²) >= 11 is 0. The fourth-order valence-electron chi connectivity index (χ4n) is 9.20. The quantitative estimate of drug-likeness (QED) is 0.185. The van der Waals surface area contributed by atoms with Crippen molar-refractivity contribution in [2.45, 2.75) is 5.41 Å². The maximum absolute atomic E-state index is 9.69. The van der Waals surface area contributed by atoms with Gasteiger partial charge in [-0.1, -0.05) is 146 Å². The molecular formula is C50H30N4. The van der Waals surface area contributed by atoms with Gasteiger partial charge in [0.25, 0.3) is 0 Å². The molecule has 2 aliphatic carbocycles. The van der Waals surface area contributed by atoms with E-state index < -0.39 is 5.41 Å². The van der Waals surface area contributed by atoms with Gasteiger partial charge >= 0.3 is 0 Å². The molecule has 2 heterocycles. The van der Waals surface area contributed by atoms with Gasteiger partial charge in [-0.15, -0.1) is 0 Å². The molecule has 10 aromatic rings. The van der Waals surface area contributed by atoms with Gasteiger partial charge in [0.1, 0.15) is 0 Å². The van der Waals surface area contributed by atoms with E-state index >= 15 is 0 Å². The second-order valence-electron chi connectivity index (χ2n) is 14.0. The second kappa shape index (κ2) is 10.9. The maximum Gasteiger partial charge on any atom is 0.164 e. The number of hydrogen-bond acceptors (Lipinski definition) is 3. The molecule has 0 atom stereocenters. The van der Waals surface area contributed by atoms with E-state index in [0.717, 1.165) is 49.3 Å². The van der Waals surface area contributed by atoms with Crippen molar-refractivity contribution in [2.24, 2.45) is 0 Å². The Bertz CT molecular complexity index is 3260. The molecule has 0 radical (unpaired) electrons. The van der Waals surface area contributed by atoms with E-state index in [4.69, 9.17) is 15.0 Å². The molecule has 0 saturated heterocycles. The summed E-state index contributed by atoms with van der Waals surface area (Å²) in [6.45, 7) is 0. The summed E-state index contributed by atoms with van der Waals surface area (Å²) in [5.41, 5.74) is 9.93. The third-order valence-electron chi connectivity index (χ3n) is 11.3. The fraction of sp³-hybridized carbons (Fsp3) is 0.0200. The second-order valence-corrected chi connectivity index (χ2v) is 14.0. The standard InChI is InChI=1S/C50H30N4/c1-3-13-32(14-4-1)47-51-48(33-15-5-2-6-16-33)53-49(52-47)34-25-28-35(29-26-34)54-42-24-12-23-41-45(42)46-43(54)30-27-31-17-11-22-40(44(31)46)50(41)38-20-9-7-18-36(38)37-19-8-10-21-39(37)50/h1-30H/i25D,26D,28D,29D. The highest BCUT2D eigenvalue weighted by molar-refractivity contribution is 6.26. The van der Waals surface area contributed by atoms with Crippen LogP contribution in [0.1, 0.15) is 27.7 Å². The molecule has 250 valence electrons. The molecule has 4 nitrogen and oxygen atoms in total. The molecule has 8 aromatic carbocycles. The smallest absolute Gasteiger partial charge is 0.164 e. The summed E-state index contributed by atoms with van der Waals surface area (Å²) in [6, 6.07) is 52.7. The Morgan fingerprint density at radius 1 is 0.389 bits per heavy atom. The molecule has 0 aliphatic heterocycles. The molecule has 0 fully saturated rings. The lowest BCUT2D eigenvalue weighted by Crippen LogP contribution is -2.30. The van der Waals surface area contributed by atoms with Crippen molar-refractivity contribution in [3.63, 3.8) is 0 Å². The minimum Gasteiger partial charge on any atom is -0.309 e. The molecule has 0 unspecified atom stereocenters. The van der Waals surface area contributed by atoms with Crippen LogP contribution in [0.15, 0.2) is 182 Å². The number of rotatable bonds is 4. The van der Waals surface area contributed by atoms with Crippen LogP contribution in [-0.2, 0) is 5.41 Å². The van der Waals surface area contributed by atoms with Gasteiger partial charge in [0.2, 0.25) is 0 Å². The van der Waals surface area contributed by atoms with Crippen LogP contribution in [-0.4, -0.2) is 19.5 Å². The van der Waals surface area contributed by atoms with Gasteiger partial charge in [-0.3, -0.25) is 0 Å². The first-order valence-electron chi connectivity index (χ1n) is 20.1. The minimum atomic E-state index is -0.607. The monoisotopic (exact) mass is 690 g/mol. The first-order chi connectivity index (χ1) is 28.5. The molecule has 1 spiro atoms. The number of fused-ring (bicyclic) bond motifs is 7. The molecular weight excluding hydrogens is 657 g/mol. The van der Waals surface area contributed by atoms with Crippen molar-refractivity contribution in [1.82, 2.24) is 19.5 Å². The van der Waals surface area contributed by atoms with E-state index in [1.165, 1.54) is 27.8 Å². The van der Waals surface area contributed by atoms with Crippen molar-refractivity contribution in [2.75, 3.05) is 0 Å². The Labute approximate surface area is 317 Å². The first-order valence-corrected chi connectivity index (χ1v) is 18.1. The molecule has 2 aromatic heterocycles. The van der Waals surface area contributed by atoms with E-state index in [9.17, 15) is 5.48 Å². The highest BCUT2D eigenvalue weighted by Gasteiger charge is 2.49. The Morgan fingerprint density at radius 3 is 1.52 bits per heavy atom. The minimum absolute atomic E-state index is 0.0205. The number of benzene rings is 8. The van der Waals surface area contributed by atoms with E-state index in [1.807, 2.05) is 71.3 Å². The van der Waals surface area contributed by atoms with Crippen LogP contribution in [0.5, 0.6) is 0 Å². The molecule has 12 rings (SSSR count). The predicted octanol–water partition coefficient (Wildman–Crippen LogP) is 11.8. The van der Waals surface area contributed by atoms with Crippen LogP contribution in [0.25, 0.3) is 83.6 Å². The zero-order valence-corrected chi connectivity index (χ0v) is 28.8. The van der Waals surface area contributed by atoms with E-state index in [-0.39, 0.29) is 41.2 Å². The van der Waals surface area contributed by atoms with Crippen molar-refractivity contribution in [3.8, 4) is 51.0 Å². The van der Waals surface area contributed by atoms with Crippen LogP contribution in [0, 0.1) is 0 Å². The number of hydrogen-bond donors (Lipinski definition) is 0. The lowest BCUT2D eigenvalue weighted by molar-refractivity contribution is 0.783. The summed E-state index contributed by atoms with van der Waals surface area (Å²) in [4.78, 5) is 14.4. The van der Waals surface area contributed by atoms with Crippen LogP contribution in [0.2, 0.25) is 0 Å². The van der Waals surface area contributed by atoms with Gasteiger partial charge in [0.15, 0.2) is 17.5 Å². The largest absolute Gasteiger partial charge is 0.309 e. The number of aromatic nitrogens is 4. The van der Waals surface area contributed by atoms with Crippen LogP contribution in [0.3, 0.4) is 0 Å². The van der Waals surface area contributed by atoms with Gasteiger partial charge < -0.3 is 4.57 Å². The van der Waals surface area contributed by atoms with Crippen molar-refractivity contribution in [3.05, 3.63) is 204 Å². The Balaban J connectivity index is 1.16. The molecule has 4 heteroatoms. The summed E-state index contributed by atoms with van der Waals surface area (Å²) in [7, 11) is 0. The zero-order valence-electron chi connectivity index (χ0n) is 32.8. The molecule has 54 heavy (non-hydrogen) atoms. The fourth-order valence-corrected chi connectivity index (χ4v) is 9.20. The summed E-state index contributed by atoms with van der Waals surface area (Å²) < 4.78 is 40.4. The average Bonchev–Trinajstić information content (AvgIpc) is 3.77. The first kappa shape index (κ1) is 25.7. The summed E-state index contributed by atoms with van der Waals surface area (Å²) in [5, 5.41) is 4.33. The predicted molar refractivity (Wildman–Crippen MR) is 219 cm³/mol. The van der Waals surface area contributed by atoms with Gasteiger partial charge in [-0.05, 0) is 80.5 Å². The summed E-state index contributed by atoms with van der Waals surface area (Å²) in [6.07, 6.45) is 0. The normalized spacial score (nSPS) is 14.4. The van der Waals surface area contributed by atoms with Crippen LogP contribution >= 0.6 is 0 Å². The molecule has 0 saturated carbocycles. The molecule has 0 N–H and O–H groups in total. The van der Waals surface area contributed by atoms with E-state index in [2.05, 4.69) is 91.0 Å². The highest BCUT2D eigenvalue weighted by Crippen LogP contribution is 2.62. The van der Waals surface area contributed by atoms with E-state index in [0.29, 0.717) is 11.6 Å². The molecule has 0 bridgehead atoms. The van der Waals surface area contributed by atoms with Crippen LogP contribution < -0.4 is 0 Å². The maximum atomic E-state index is 9.69. The highest BCUT2D eigenvalue weighted by atomic mass is 15.0. The van der Waals surface area contributed by atoms with Gasteiger partial charge in [-0.25, -0.2) is 15.0 Å². The van der Waals surface area contributed by atoms with Crippen molar-refractivity contribution >= 4 is 32.6 Å². The van der Waals surface area contributed by atoms with Crippen molar-refractivity contribution < 1.29 is 5.48 Å². The van der Waals surface area contributed by atoms with Gasteiger partial charge in [0.05, 0.1) is 21.9 Å². The Morgan fingerprint density at radius 2 is 0.889 bits per heavy atom. The molecule has 2 aliphatic rings. The van der Waals surface area contributed by atoms with Crippen molar-refractivity contribution in [1.29, 1.82) is 0 Å². The zero-order chi connectivity index (χ0) is 38.9. The third kappa shape index (κ3) is 3.84. The Hall–Kier alpha value is -7.17. The topological polar surface area (TPSA) is 43.6 Å². The lowest BCUT2D eigenvalue weighted by Gasteiger charge is -2.37. The number of nitrogens with zero attached hydrogens (tertiary/aromatic N) is 4. The third-order valence-corrected chi connectivity index (χ3v) is 11.3. The Kier molecular flexibility index (Phi) is 5.20. The lowest BCUT2D eigenvalue weighted by atomic mass is 9.63. The van der Waals surface area contributed by atoms with Crippen LogP contribution in [0.4, 0.5) is 0 Å².